The average molecular weight is 493 g/mol. The van der Waals surface area contributed by atoms with Crippen LogP contribution in [0.5, 0.6) is 0 Å². The fourth-order valence-corrected chi connectivity index (χ4v) is 5.27. The molecule has 8 heteroatoms. The topological polar surface area (TPSA) is 79.6 Å². The van der Waals surface area contributed by atoms with Crippen LogP contribution in [-0.4, -0.2) is 27.6 Å². The molecule has 1 heterocycles. The Morgan fingerprint density at radius 1 is 1.09 bits per heavy atom. The van der Waals surface area contributed by atoms with Gasteiger partial charge in [0, 0.05) is 24.1 Å². The van der Waals surface area contributed by atoms with Gasteiger partial charge in [0.2, 0.25) is 10.0 Å². The van der Waals surface area contributed by atoms with Crippen LogP contribution in [-0.2, 0) is 16.6 Å². The molecule has 0 atom stereocenters. The van der Waals surface area contributed by atoms with Gasteiger partial charge in [0.15, 0.2) is 0 Å². The molecule has 1 aliphatic carbocycles. The first-order chi connectivity index (χ1) is 16.8. The number of anilines is 1. The third-order valence-electron chi connectivity index (χ3n) is 6.25. The van der Waals surface area contributed by atoms with Crippen LogP contribution in [0.3, 0.4) is 0 Å². The highest BCUT2D eigenvalue weighted by Gasteiger charge is 2.33. The predicted octanol–water partition coefficient (Wildman–Crippen LogP) is 5.44. The fourth-order valence-electron chi connectivity index (χ4n) is 4.37. The second-order valence-electron chi connectivity index (χ2n) is 8.83. The molecule has 1 aliphatic rings. The first kappa shape index (κ1) is 23.1. The fraction of sp³-hybridized carbons (Fsp3) is 0.222. The summed E-state index contributed by atoms with van der Waals surface area (Å²) in [5, 5.41) is 3.26. The van der Waals surface area contributed by atoms with Crippen molar-refractivity contribution in [3.05, 3.63) is 89.2 Å². The Kier molecular flexibility index (Phi) is 5.84. The maximum absolute atomic E-state index is 13.5. The number of halogens is 1. The Hall–Kier alpha value is -3.65. The number of carbonyl (C=O) groups excluding carboxylic acids is 1. The van der Waals surface area contributed by atoms with Crippen molar-refractivity contribution in [2.24, 2.45) is 0 Å². The van der Waals surface area contributed by atoms with Crippen LogP contribution < -0.4 is 9.62 Å². The normalized spacial score (nSPS) is 13.7. The summed E-state index contributed by atoms with van der Waals surface area (Å²) in [6.07, 6.45) is 3.08. The lowest BCUT2D eigenvalue weighted by atomic mass is 10.00. The van der Waals surface area contributed by atoms with Crippen LogP contribution in [0.25, 0.3) is 22.3 Å². The summed E-state index contributed by atoms with van der Waals surface area (Å²) in [6, 6.07) is 18.7. The molecule has 0 bridgehead atoms. The molecule has 0 spiro atoms. The lowest BCUT2D eigenvalue weighted by molar-refractivity contribution is 0.0964. The van der Waals surface area contributed by atoms with E-state index in [0.29, 0.717) is 33.5 Å². The summed E-state index contributed by atoms with van der Waals surface area (Å²) >= 11 is 0. The Morgan fingerprint density at radius 2 is 1.77 bits per heavy atom. The van der Waals surface area contributed by atoms with Gasteiger partial charge in [0.1, 0.15) is 17.2 Å². The number of nitrogens with zero attached hydrogens (tertiary/aromatic N) is 1. The van der Waals surface area contributed by atoms with E-state index >= 15 is 0 Å². The highest BCUT2D eigenvalue weighted by molar-refractivity contribution is 7.92. The zero-order valence-electron chi connectivity index (χ0n) is 19.4. The Balaban J connectivity index is 1.74. The number of hydrogen-bond acceptors (Lipinski definition) is 4. The van der Waals surface area contributed by atoms with E-state index in [4.69, 9.17) is 4.42 Å². The molecule has 1 N–H and O–H groups in total. The lowest BCUT2D eigenvalue weighted by Gasteiger charge is -2.25. The van der Waals surface area contributed by atoms with Gasteiger partial charge in [-0.05, 0) is 60.2 Å². The third-order valence-corrected chi connectivity index (χ3v) is 7.38. The smallest absolute Gasteiger partial charge is 0.255 e. The van der Waals surface area contributed by atoms with Crippen molar-refractivity contribution in [2.75, 3.05) is 17.6 Å². The van der Waals surface area contributed by atoms with E-state index in [9.17, 15) is 17.6 Å². The molecule has 1 aromatic heterocycles. The molecule has 35 heavy (non-hydrogen) atoms. The van der Waals surface area contributed by atoms with Gasteiger partial charge >= 0.3 is 0 Å². The maximum Gasteiger partial charge on any atom is 0.255 e. The molecule has 0 radical (unpaired) electrons. The molecule has 5 rings (SSSR count). The number of hydrogen-bond donors (Lipinski definition) is 1. The number of rotatable bonds is 7. The molecule has 6 nitrogen and oxygen atoms in total. The summed E-state index contributed by atoms with van der Waals surface area (Å²) in [6.45, 7) is 0.179. The number of fused-ring (bicyclic) bond motifs is 1. The van der Waals surface area contributed by atoms with Crippen molar-refractivity contribution in [3.8, 4) is 11.3 Å². The van der Waals surface area contributed by atoms with Gasteiger partial charge < -0.3 is 9.73 Å². The van der Waals surface area contributed by atoms with Gasteiger partial charge in [0.25, 0.3) is 5.91 Å². The second kappa shape index (κ2) is 8.85. The van der Waals surface area contributed by atoms with Crippen molar-refractivity contribution < 1.29 is 22.0 Å². The molecule has 1 amide bonds. The van der Waals surface area contributed by atoms with Crippen LogP contribution >= 0.6 is 0 Å². The molecule has 1 saturated carbocycles. The van der Waals surface area contributed by atoms with Gasteiger partial charge in [-0.1, -0.05) is 30.3 Å². The second-order valence-corrected chi connectivity index (χ2v) is 10.7. The molecule has 1 fully saturated rings. The summed E-state index contributed by atoms with van der Waals surface area (Å²) in [5.41, 5.74) is 3.57. The number of nitrogens with one attached hydrogen (secondary N) is 1. The summed E-state index contributed by atoms with van der Waals surface area (Å²) in [5.74, 6) is -0.209. The monoisotopic (exact) mass is 492 g/mol. The highest BCUT2D eigenvalue weighted by atomic mass is 32.2. The predicted molar refractivity (Wildman–Crippen MR) is 134 cm³/mol. The van der Waals surface area contributed by atoms with Crippen molar-refractivity contribution in [2.45, 2.75) is 25.3 Å². The molecule has 0 unspecified atom stereocenters. The highest BCUT2D eigenvalue weighted by Crippen LogP contribution is 2.48. The van der Waals surface area contributed by atoms with E-state index < -0.39 is 15.8 Å². The van der Waals surface area contributed by atoms with Crippen LogP contribution in [0.15, 0.2) is 71.1 Å². The van der Waals surface area contributed by atoms with Crippen molar-refractivity contribution in [1.29, 1.82) is 0 Å². The van der Waals surface area contributed by atoms with Gasteiger partial charge in [-0.15, -0.1) is 0 Å². The standard InChI is InChI=1S/C27H25FN2O4S/c1-29-27(31)25-22-14-21(18-8-9-18)23(30(35(2,32)33)16-17-6-4-3-5-7-17)15-24(22)34-26(25)19-10-12-20(28)13-11-19/h3-7,10-15,18H,8-9,16H2,1-2H3,(H,29,31). The van der Waals surface area contributed by atoms with E-state index in [1.807, 2.05) is 36.4 Å². The van der Waals surface area contributed by atoms with E-state index in [1.54, 1.807) is 18.2 Å². The Labute approximate surface area is 203 Å². The van der Waals surface area contributed by atoms with Crippen LogP contribution in [0, 0.1) is 5.82 Å². The summed E-state index contributed by atoms with van der Waals surface area (Å²) in [7, 11) is -2.08. The number of carbonyl (C=O) groups is 1. The number of furan rings is 1. The van der Waals surface area contributed by atoms with Crippen molar-refractivity contribution >= 4 is 32.6 Å². The molecule has 0 aliphatic heterocycles. The molecule has 180 valence electrons. The molecular weight excluding hydrogens is 467 g/mol. The van der Waals surface area contributed by atoms with Gasteiger partial charge in [-0.25, -0.2) is 12.8 Å². The van der Waals surface area contributed by atoms with Gasteiger partial charge in [-0.3, -0.25) is 9.10 Å². The first-order valence-electron chi connectivity index (χ1n) is 11.4. The SMILES string of the molecule is CNC(=O)c1c(-c2ccc(F)cc2)oc2cc(N(Cc3ccccc3)S(C)(=O)=O)c(C3CC3)cc12. The Bertz CT molecular complexity index is 1510. The van der Waals surface area contributed by atoms with Gasteiger partial charge in [0.05, 0.1) is 24.1 Å². The zero-order chi connectivity index (χ0) is 24.7. The van der Waals surface area contributed by atoms with Gasteiger partial charge in [-0.2, -0.15) is 0 Å². The Morgan fingerprint density at radius 3 is 2.37 bits per heavy atom. The zero-order valence-corrected chi connectivity index (χ0v) is 20.2. The van der Waals surface area contributed by atoms with Crippen LogP contribution in [0.2, 0.25) is 0 Å². The minimum Gasteiger partial charge on any atom is -0.455 e. The average Bonchev–Trinajstić information content (AvgIpc) is 3.62. The number of benzene rings is 3. The third kappa shape index (κ3) is 4.53. The van der Waals surface area contributed by atoms with Crippen LogP contribution in [0.4, 0.5) is 10.1 Å². The molecule has 4 aromatic rings. The largest absolute Gasteiger partial charge is 0.455 e. The maximum atomic E-state index is 13.5. The lowest BCUT2D eigenvalue weighted by Crippen LogP contribution is -2.30. The van der Waals surface area contributed by atoms with Crippen molar-refractivity contribution in [1.82, 2.24) is 5.32 Å². The molecular formula is C27H25FN2O4S. The first-order valence-corrected chi connectivity index (χ1v) is 13.2. The van der Waals surface area contributed by atoms with Crippen molar-refractivity contribution in [3.63, 3.8) is 0 Å². The quantitative estimate of drug-likeness (QED) is 0.373. The molecule has 3 aromatic carbocycles. The van der Waals surface area contributed by atoms with Crippen LogP contribution in [0.1, 0.15) is 40.2 Å². The minimum absolute atomic E-state index is 0.179. The summed E-state index contributed by atoms with van der Waals surface area (Å²) < 4.78 is 47.0. The van der Waals surface area contributed by atoms with E-state index in [0.717, 1.165) is 24.0 Å². The van der Waals surface area contributed by atoms with E-state index in [2.05, 4.69) is 5.32 Å². The number of amides is 1. The number of sulfonamides is 1. The minimum atomic E-state index is -3.62. The van der Waals surface area contributed by atoms with E-state index in [-0.39, 0.29) is 18.4 Å². The summed E-state index contributed by atoms with van der Waals surface area (Å²) in [4.78, 5) is 12.9. The molecule has 0 saturated heterocycles. The van der Waals surface area contributed by atoms with E-state index in [1.165, 1.54) is 29.7 Å².